The third-order valence-corrected chi connectivity index (χ3v) is 4.97. The molecular formula is C15H28N2O. The number of carbonyl (C=O) groups is 1. The van der Waals surface area contributed by atoms with Crippen molar-refractivity contribution >= 4 is 6.29 Å². The molecule has 3 nitrogen and oxygen atoms in total. The van der Waals surface area contributed by atoms with Crippen molar-refractivity contribution in [2.24, 2.45) is 5.41 Å². The van der Waals surface area contributed by atoms with E-state index in [2.05, 4.69) is 23.8 Å². The van der Waals surface area contributed by atoms with Crippen LogP contribution in [0.5, 0.6) is 0 Å². The van der Waals surface area contributed by atoms with Crippen LogP contribution in [0.25, 0.3) is 0 Å². The Labute approximate surface area is 112 Å². The molecule has 1 aliphatic heterocycles. The molecule has 0 aromatic heterocycles. The number of hydrogen-bond acceptors (Lipinski definition) is 3. The second-order valence-electron chi connectivity index (χ2n) is 6.32. The average molecular weight is 252 g/mol. The molecule has 1 saturated carbocycles. The Morgan fingerprint density at radius 3 is 2.56 bits per heavy atom. The first kappa shape index (κ1) is 14.0. The van der Waals surface area contributed by atoms with Gasteiger partial charge in [-0.2, -0.15) is 0 Å². The minimum absolute atomic E-state index is 0.0214. The van der Waals surface area contributed by atoms with E-state index in [1.807, 2.05) is 0 Å². The first-order valence-electron chi connectivity index (χ1n) is 7.58. The third kappa shape index (κ3) is 3.12. The van der Waals surface area contributed by atoms with Crippen molar-refractivity contribution in [1.82, 2.24) is 9.80 Å². The first-order chi connectivity index (χ1) is 8.69. The Morgan fingerprint density at radius 2 is 1.94 bits per heavy atom. The van der Waals surface area contributed by atoms with E-state index in [0.717, 1.165) is 39.0 Å². The molecule has 2 rings (SSSR count). The summed E-state index contributed by atoms with van der Waals surface area (Å²) in [7, 11) is 2.22. The number of rotatable bonds is 4. The number of carbonyl (C=O) groups excluding carboxylic acids is 1. The van der Waals surface area contributed by atoms with Crippen molar-refractivity contribution in [3.8, 4) is 0 Å². The average Bonchev–Trinajstić information content (AvgIpc) is 2.42. The summed E-state index contributed by atoms with van der Waals surface area (Å²) in [5, 5.41) is 0. The van der Waals surface area contributed by atoms with Crippen LogP contribution in [0.4, 0.5) is 0 Å². The van der Waals surface area contributed by atoms with Gasteiger partial charge in [-0.25, -0.2) is 0 Å². The maximum absolute atomic E-state index is 11.5. The van der Waals surface area contributed by atoms with E-state index < -0.39 is 0 Å². The normalized spacial score (nSPS) is 30.2. The standard InChI is InChI=1S/C15H28N2O/c1-3-14-11-17(10-9-16(14)2)12-15(13-18)7-5-4-6-8-15/h13-14H,3-12H2,1-2H3. The summed E-state index contributed by atoms with van der Waals surface area (Å²) in [5.41, 5.74) is -0.0214. The van der Waals surface area contributed by atoms with E-state index in [1.54, 1.807) is 0 Å². The topological polar surface area (TPSA) is 23.6 Å². The highest BCUT2D eigenvalue weighted by Crippen LogP contribution is 2.35. The predicted molar refractivity (Wildman–Crippen MR) is 74.7 cm³/mol. The van der Waals surface area contributed by atoms with Gasteiger partial charge in [0, 0.05) is 37.6 Å². The maximum Gasteiger partial charge on any atom is 0.127 e. The van der Waals surface area contributed by atoms with E-state index in [4.69, 9.17) is 0 Å². The minimum atomic E-state index is -0.0214. The van der Waals surface area contributed by atoms with E-state index in [1.165, 1.54) is 32.0 Å². The van der Waals surface area contributed by atoms with Crippen molar-refractivity contribution < 1.29 is 4.79 Å². The molecule has 1 heterocycles. The van der Waals surface area contributed by atoms with Gasteiger partial charge in [-0.05, 0) is 26.3 Å². The van der Waals surface area contributed by atoms with Gasteiger partial charge in [0.15, 0.2) is 0 Å². The van der Waals surface area contributed by atoms with Gasteiger partial charge in [0.25, 0.3) is 0 Å². The molecule has 3 heteroatoms. The van der Waals surface area contributed by atoms with Crippen LogP contribution in [0, 0.1) is 5.41 Å². The lowest BCUT2D eigenvalue weighted by Gasteiger charge is -2.43. The summed E-state index contributed by atoms with van der Waals surface area (Å²) in [5.74, 6) is 0. The molecule has 1 saturated heterocycles. The fraction of sp³-hybridized carbons (Fsp3) is 0.933. The van der Waals surface area contributed by atoms with Crippen LogP contribution in [0.1, 0.15) is 45.4 Å². The van der Waals surface area contributed by atoms with Crippen LogP contribution >= 0.6 is 0 Å². The lowest BCUT2D eigenvalue weighted by atomic mass is 9.74. The van der Waals surface area contributed by atoms with Gasteiger partial charge in [-0.1, -0.05) is 26.2 Å². The number of hydrogen-bond donors (Lipinski definition) is 0. The molecule has 1 aliphatic carbocycles. The number of nitrogens with zero attached hydrogens (tertiary/aromatic N) is 2. The molecule has 0 bridgehead atoms. The molecule has 0 N–H and O–H groups in total. The van der Waals surface area contributed by atoms with Crippen molar-refractivity contribution in [3.63, 3.8) is 0 Å². The Balaban J connectivity index is 1.93. The summed E-state index contributed by atoms with van der Waals surface area (Å²) < 4.78 is 0. The summed E-state index contributed by atoms with van der Waals surface area (Å²) in [6.07, 6.45) is 8.50. The van der Waals surface area contributed by atoms with Gasteiger partial charge in [-0.15, -0.1) is 0 Å². The Bertz CT molecular complexity index is 274. The van der Waals surface area contributed by atoms with Crippen LogP contribution in [0.15, 0.2) is 0 Å². The van der Waals surface area contributed by atoms with Gasteiger partial charge in [-0.3, -0.25) is 4.90 Å². The fourth-order valence-electron chi connectivity index (χ4n) is 3.61. The van der Waals surface area contributed by atoms with Gasteiger partial charge >= 0.3 is 0 Å². The Morgan fingerprint density at radius 1 is 1.22 bits per heavy atom. The molecule has 0 amide bonds. The quantitative estimate of drug-likeness (QED) is 0.716. The van der Waals surface area contributed by atoms with Crippen LogP contribution in [-0.4, -0.2) is 55.4 Å². The lowest BCUT2D eigenvalue weighted by Crippen LogP contribution is -2.54. The smallest absolute Gasteiger partial charge is 0.127 e. The second kappa shape index (κ2) is 6.16. The third-order valence-electron chi connectivity index (χ3n) is 4.97. The van der Waals surface area contributed by atoms with Crippen molar-refractivity contribution in [2.45, 2.75) is 51.5 Å². The van der Waals surface area contributed by atoms with Crippen LogP contribution < -0.4 is 0 Å². The van der Waals surface area contributed by atoms with E-state index >= 15 is 0 Å². The molecule has 1 unspecified atom stereocenters. The van der Waals surface area contributed by atoms with Gasteiger partial charge < -0.3 is 9.69 Å². The van der Waals surface area contributed by atoms with Crippen LogP contribution in [0.3, 0.4) is 0 Å². The molecule has 2 aliphatic rings. The zero-order chi connectivity index (χ0) is 13.0. The molecule has 0 aromatic carbocycles. The van der Waals surface area contributed by atoms with Gasteiger partial charge in [0.1, 0.15) is 6.29 Å². The number of aldehydes is 1. The predicted octanol–water partition coefficient (Wildman–Crippen LogP) is 2.16. The molecule has 2 fully saturated rings. The maximum atomic E-state index is 11.5. The highest BCUT2D eigenvalue weighted by molar-refractivity contribution is 5.60. The Kier molecular flexibility index (Phi) is 4.79. The summed E-state index contributed by atoms with van der Waals surface area (Å²) >= 11 is 0. The Hall–Kier alpha value is -0.410. The van der Waals surface area contributed by atoms with Crippen LogP contribution in [0.2, 0.25) is 0 Å². The van der Waals surface area contributed by atoms with Crippen molar-refractivity contribution in [2.75, 3.05) is 33.2 Å². The highest BCUT2D eigenvalue weighted by Gasteiger charge is 2.35. The fourth-order valence-corrected chi connectivity index (χ4v) is 3.61. The largest absolute Gasteiger partial charge is 0.303 e. The first-order valence-corrected chi connectivity index (χ1v) is 7.58. The molecule has 18 heavy (non-hydrogen) atoms. The monoisotopic (exact) mass is 252 g/mol. The molecule has 1 atom stereocenters. The van der Waals surface area contributed by atoms with Gasteiger partial charge in [0.05, 0.1) is 0 Å². The summed E-state index contributed by atoms with van der Waals surface area (Å²) in [6.45, 7) is 6.68. The van der Waals surface area contributed by atoms with Gasteiger partial charge in [0.2, 0.25) is 0 Å². The van der Waals surface area contributed by atoms with E-state index in [9.17, 15) is 4.79 Å². The zero-order valence-corrected chi connectivity index (χ0v) is 12.0. The molecule has 0 aromatic rings. The SMILES string of the molecule is CCC1CN(CC2(C=O)CCCCC2)CCN1C. The van der Waals surface area contributed by atoms with Crippen molar-refractivity contribution in [3.05, 3.63) is 0 Å². The molecular weight excluding hydrogens is 224 g/mol. The molecule has 0 radical (unpaired) electrons. The molecule has 104 valence electrons. The molecule has 0 spiro atoms. The van der Waals surface area contributed by atoms with Crippen molar-refractivity contribution in [1.29, 1.82) is 0 Å². The zero-order valence-electron chi connectivity index (χ0n) is 12.0. The minimum Gasteiger partial charge on any atom is -0.303 e. The summed E-state index contributed by atoms with van der Waals surface area (Å²) in [4.78, 5) is 16.5. The lowest BCUT2D eigenvalue weighted by molar-refractivity contribution is -0.119. The van der Waals surface area contributed by atoms with E-state index in [-0.39, 0.29) is 5.41 Å². The number of likely N-dealkylation sites (N-methyl/N-ethyl adjacent to an activating group) is 1. The number of piperazine rings is 1. The van der Waals surface area contributed by atoms with Crippen LogP contribution in [-0.2, 0) is 4.79 Å². The summed E-state index contributed by atoms with van der Waals surface area (Å²) in [6, 6.07) is 0.672. The second-order valence-corrected chi connectivity index (χ2v) is 6.32. The highest BCUT2D eigenvalue weighted by atomic mass is 16.1. The van der Waals surface area contributed by atoms with E-state index in [0.29, 0.717) is 6.04 Å².